The van der Waals surface area contributed by atoms with E-state index in [0.717, 1.165) is 5.69 Å². The number of hydrogen-bond donors (Lipinski definition) is 2. The minimum absolute atomic E-state index is 0.345. The van der Waals surface area contributed by atoms with Crippen LogP contribution in [-0.2, 0) is 6.42 Å². The summed E-state index contributed by atoms with van der Waals surface area (Å²) in [6.45, 7) is 1.18. The van der Waals surface area contributed by atoms with E-state index in [4.69, 9.17) is 0 Å². The van der Waals surface area contributed by atoms with Gasteiger partial charge < -0.3 is 10.4 Å². The highest BCUT2D eigenvalue weighted by Crippen LogP contribution is 2.16. The number of hydrogen-bond acceptors (Lipinski definition) is 3. The molecule has 0 saturated carbocycles. The molecule has 0 atom stereocenters. The number of rotatable bonds is 2. The van der Waals surface area contributed by atoms with Gasteiger partial charge in [0, 0.05) is 25.2 Å². The van der Waals surface area contributed by atoms with Crippen LogP contribution in [0.25, 0.3) is 0 Å². The molecule has 1 saturated heterocycles. The maximum atomic E-state index is 12.5. The van der Waals surface area contributed by atoms with Crippen LogP contribution in [0.2, 0.25) is 0 Å². The van der Waals surface area contributed by atoms with E-state index in [9.17, 15) is 9.50 Å². The van der Waals surface area contributed by atoms with Crippen molar-refractivity contribution in [2.45, 2.75) is 12.0 Å². The first-order valence-corrected chi connectivity index (χ1v) is 4.22. The quantitative estimate of drug-likeness (QED) is 0.681. The summed E-state index contributed by atoms with van der Waals surface area (Å²) in [6, 6.07) is 2.96. The van der Waals surface area contributed by atoms with Crippen molar-refractivity contribution < 1.29 is 9.50 Å². The molecule has 2 heterocycles. The molecule has 70 valence electrons. The number of nitrogens with zero attached hydrogens (tertiary/aromatic N) is 1. The van der Waals surface area contributed by atoms with Gasteiger partial charge in [-0.15, -0.1) is 0 Å². The van der Waals surface area contributed by atoms with E-state index < -0.39 is 5.60 Å². The molecule has 0 radical (unpaired) electrons. The predicted molar refractivity (Wildman–Crippen MR) is 45.7 cm³/mol. The van der Waals surface area contributed by atoms with Gasteiger partial charge in [-0.1, -0.05) is 0 Å². The van der Waals surface area contributed by atoms with Crippen LogP contribution in [-0.4, -0.2) is 28.8 Å². The fraction of sp³-hybridized carbons (Fsp3) is 0.444. The Morgan fingerprint density at radius 3 is 2.77 bits per heavy atom. The predicted octanol–water partition coefficient (Wildman–Crippen LogP) is 0.0975. The lowest BCUT2D eigenvalue weighted by atomic mass is 9.91. The monoisotopic (exact) mass is 182 g/mol. The van der Waals surface area contributed by atoms with Crippen LogP contribution in [0.4, 0.5) is 4.39 Å². The van der Waals surface area contributed by atoms with Crippen LogP contribution in [0.1, 0.15) is 5.69 Å². The average Bonchev–Trinajstić information content (AvgIpc) is 2.06. The van der Waals surface area contributed by atoms with Crippen molar-refractivity contribution in [3.05, 3.63) is 29.8 Å². The lowest BCUT2D eigenvalue weighted by molar-refractivity contribution is -0.00983. The maximum absolute atomic E-state index is 12.5. The van der Waals surface area contributed by atoms with Crippen molar-refractivity contribution >= 4 is 0 Å². The van der Waals surface area contributed by atoms with E-state index in [1.165, 1.54) is 12.3 Å². The molecule has 0 spiro atoms. The zero-order valence-electron chi connectivity index (χ0n) is 7.13. The van der Waals surface area contributed by atoms with Gasteiger partial charge in [0.25, 0.3) is 0 Å². The largest absolute Gasteiger partial charge is 0.387 e. The smallest absolute Gasteiger partial charge is 0.141 e. The fourth-order valence-corrected chi connectivity index (χ4v) is 1.39. The second kappa shape index (κ2) is 3.05. The molecule has 1 aliphatic heterocycles. The Balaban J connectivity index is 2.05. The van der Waals surface area contributed by atoms with Crippen LogP contribution < -0.4 is 5.32 Å². The number of aliphatic hydroxyl groups is 1. The van der Waals surface area contributed by atoms with Gasteiger partial charge in [-0.05, 0) is 12.1 Å². The van der Waals surface area contributed by atoms with Gasteiger partial charge in [0.2, 0.25) is 0 Å². The van der Waals surface area contributed by atoms with E-state index in [0.29, 0.717) is 19.5 Å². The Morgan fingerprint density at radius 2 is 2.31 bits per heavy atom. The number of β-amino-alcohol motifs (C(OH)–C–C–N with tert-alkyl or cyclic N) is 1. The van der Waals surface area contributed by atoms with Gasteiger partial charge in [-0.25, -0.2) is 4.39 Å². The zero-order chi connectivity index (χ0) is 9.31. The molecule has 2 N–H and O–H groups in total. The molecular weight excluding hydrogens is 171 g/mol. The van der Waals surface area contributed by atoms with Crippen LogP contribution in [0.15, 0.2) is 18.3 Å². The molecule has 1 aromatic rings. The Morgan fingerprint density at radius 1 is 1.54 bits per heavy atom. The van der Waals surface area contributed by atoms with Gasteiger partial charge in [0.05, 0.1) is 11.8 Å². The molecule has 0 amide bonds. The molecule has 4 heteroatoms. The first-order chi connectivity index (χ1) is 6.18. The van der Waals surface area contributed by atoms with Crippen LogP contribution in [0.5, 0.6) is 0 Å². The standard InChI is InChI=1S/C9H11FN2O/c10-7-1-2-8(12-4-7)3-9(13)5-11-6-9/h1-2,4,11,13H,3,5-6H2. The normalized spacial score (nSPS) is 19.5. The molecule has 3 nitrogen and oxygen atoms in total. The summed E-state index contributed by atoms with van der Waals surface area (Å²) < 4.78 is 12.5. The van der Waals surface area contributed by atoms with Gasteiger partial charge in [-0.3, -0.25) is 4.98 Å². The molecule has 13 heavy (non-hydrogen) atoms. The van der Waals surface area contributed by atoms with E-state index in [1.54, 1.807) is 6.07 Å². The Labute approximate surface area is 75.6 Å². The van der Waals surface area contributed by atoms with Crippen LogP contribution >= 0.6 is 0 Å². The third-order valence-corrected chi connectivity index (χ3v) is 2.21. The fourth-order valence-electron chi connectivity index (χ4n) is 1.39. The molecule has 0 bridgehead atoms. The van der Waals surface area contributed by atoms with Gasteiger partial charge in [-0.2, -0.15) is 0 Å². The van der Waals surface area contributed by atoms with Gasteiger partial charge >= 0.3 is 0 Å². The third kappa shape index (κ3) is 1.84. The summed E-state index contributed by atoms with van der Waals surface area (Å²) in [5.41, 5.74) is 0.0515. The maximum Gasteiger partial charge on any atom is 0.141 e. The highest BCUT2D eigenvalue weighted by molar-refractivity contribution is 5.11. The lowest BCUT2D eigenvalue weighted by Gasteiger charge is -2.37. The molecular formula is C9H11FN2O. The van der Waals surface area contributed by atoms with Crippen LogP contribution in [0, 0.1) is 5.82 Å². The molecule has 1 aromatic heterocycles. The van der Waals surface area contributed by atoms with Crippen LogP contribution in [0.3, 0.4) is 0 Å². The molecule has 1 fully saturated rings. The van der Waals surface area contributed by atoms with E-state index in [1.807, 2.05) is 0 Å². The van der Waals surface area contributed by atoms with Crippen molar-refractivity contribution in [3.63, 3.8) is 0 Å². The van der Waals surface area contributed by atoms with E-state index >= 15 is 0 Å². The van der Waals surface area contributed by atoms with Crippen molar-refractivity contribution in [3.8, 4) is 0 Å². The molecule has 0 aliphatic carbocycles. The Bertz CT molecular complexity index is 295. The highest BCUT2D eigenvalue weighted by Gasteiger charge is 2.34. The van der Waals surface area contributed by atoms with E-state index in [-0.39, 0.29) is 5.82 Å². The average molecular weight is 182 g/mol. The second-order valence-corrected chi connectivity index (χ2v) is 3.47. The van der Waals surface area contributed by atoms with Crippen molar-refractivity contribution in [1.82, 2.24) is 10.3 Å². The minimum atomic E-state index is -0.676. The Hall–Kier alpha value is -1.00. The number of nitrogens with one attached hydrogen (secondary N) is 1. The zero-order valence-corrected chi connectivity index (χ0v) is 7.13. The van der Waals surface area contributed by atoms with E-state index in [2.05, 4.69) is 10.3 Å². The summed E-state index contributed by atoms with van der Waals surface area (Å²) in [5.74, 6) is -0.345. The number of pyridine rings is 1. The highest BCUT2D eigenvalue weighted by atomic mass is 19.1. The topological polar surface area (TPSA) is 45.2 Å². The van der Waals surface area contributed by atoms with Crippen molar-refractivity contribution in [2.24, 2.45) is 0 Å². The summed E-state index contributed by atoms with van der Waals surface area (Å²) in [6.07, 6.45) is 1.66. The first-order valence-electron chi connectivity index (χ1n) is 4.22. The summed E-state index contributed by atoms with van der Waals surface area (Å²) in [4.78, 5) is 3.88. The Kier molecular flexibility index (Phi) is 2.01. The first kappa shape index (κ1) is 8.59. The van der Waals surface area contributed by atoms with Crippen molar-refractivity contribution in [2.75, 3.05) is 13.1 Å². The third-order valence-electron chi connectivity index (χ3n) is 2.21. The molecule has 2 rings (SSSR count). The molecule has 0 unspecified atom stereocenters. The summed E-state index contributed by atoms with van der Waals surface area (Å²) in [5, 5.41) is 12.7. The minimum Gasteiger partial charge on any atom is -0.387 e. The second-order valence-electron chi connectivity index (χ2n) is 3.47. The molecule has 1 aliphatic rings. The van der Waals surface area contributed by atoms with Gasteiger partial charge in [0.1, 0.15) is 5.82 Å². The van der Waals surface area contributed by atoms with Crippen molar-refractivity contribution in [1.29, 1.82) is 0 Å². The summed E-state index contributed by atoms with van der Waals surface area (Å²) in [7, 11) is 0. The SMILES string of the molecule is OC1(Cc2ccc(F)cn2)CNC1. The summed E-state index contributed by atoms with van der Waals surface area (Å²) >= 11 is 0. The number of aromatic nitrogens is 1. The molecule has 0 aromatic carbocycles. The van der Waals surface area contributed by atoms with Gasteiger partial charge in [0.15, 0.2) is 0 Å². The lowest BCUT2D eigenvalue weighted by Crippen LogP contribution is -2.60. The number of halogens is 1.